The molecule has 2 aromatic carbocycles. The van der Waals surface area contributed by atoms with Crippen molar-refractivity contribution < 1.29 is 23.4 Å². The van der Waals surface area contributed by atoms with E-state index in [0.29, 0.717) is 34.5 Å². The Bertz CT molecular complexity index is 1320. The van der Waals surface area contributed by atoms with Crippen molar-refractivity contribution in [3.63, 3.8) is 0 Å². The second-order valence-corrected chi connectivity index (χ2v) is 10.5. The minimum Gasteiger partial charge on any atom is -0.493 e. The predicted octanol–water partition coefficient (Wildman–Crippen LogP) is 5.03. The monoisotopic (exact) mass is 545 g/mol. The van der Waals surface area contributed by atoms with Gasteiger partial charge >= 0.3 is 0 Å². The van der Waals surface area contributed by atoms with E-state index in [1.165, 1.54) is 0 Å². The molecule has 0 saturated heterocycles. The van der Waals surface area contributed by atoms with E-state index in [4.69, 9.17) is 10.00 Å². The molecular formula is C26H26BrF2N3O3. The van der Waals surface area contributed by atoms with Crippen molar-refractivity contribution in [2.45, 2.75) is 50.6 Å². The number of nitrogens with zero attached hydrogens (tertiary/aromatic N) is 1. The van der Waals surface area contributed by atoms with Crippen molar-refractivity contribution in [2.24, 2.45) is 0 Å². The molecule has 1 amide bonds. The number of nitrogens with one attached hydrogen (secondary N) is 2. The van der Waals surface area contributed by atoms with Crippen LogP contribution in [-0.4, -0.2) is 41.2 Å². The number of carbonyl (C=O) groups excluding carboxylic acids is 1. The van der Waals surface area contributed by atoms with Crippen molar-refractivity contribution >= 4 is 32.7 Å². The molecule has 6 nitrogen and oxygen atoms in total. The number of hydrogen-bond donors (Lipinski definition) is 3. The number of alkyl halides is 2. The zero-order chi connectivity index (χ0) is 25.4. The maximum Gasteiger partial charge on any atom is 0.267 e. The number of aromatic amines is 1. The number of carbonyl (C=O) groups is 1. The lowest BCUT2D eigenvalue weighted by atomic mass is 9.73. The van der Waals surface area contributed by atoms with Crippen LogP contribution in [0.15, 0.2) is 40.9 Å². The highest BCUT2D eigenvalue weighted by molar-refractivity contribution is 9.10. The zero-order valence-electron chi connectivity index (χ0n) is 19.4. The standard InChI is InChI=1S/C26H26BrF2N3O3/c1-25(2,20-12-18(27)10-15-5-8-35-22(15)20)14-26(34,24(28)29)13-19-11-17-9-16(3-4-21(17)32-19)23(33)31-7-6-30/h3-4,9-12,24,32,34H,5,7-8,13-14H2,1-2H3,(H,31,33). The van der Waals surface area contributed by atoms with Gasteiger partial charge in [-0.2, -0.15) is 5.26 Å². The van der Waals surface area contributed by atoms with Gasteiger partial charge in [-0.05, 0) is 53.8 Å². The fraction of sp³-hybridized carbons (Fsp3) is 0.385. The summed E-state index contributed by atoms with van der Waals surface area (Å²) in [5.41, 5.74) is 0.144. The Labute approximate surface area is 210 Å². The van der Waals surface area contributed by atoms with Crippen LogP contribution in [0.3, 0.4) is 0 Å². The van der Waals surface area contributed by atoms with Crippen molar-refractivity contribution in [3.05, 3.63) is 63.3 Å². The molecule has 1 aliphatic rings. The zero-order valence-corrected chi connectivity index (χ0v) is 21.0. The van der Waals surface area contributed by atoms with Crippen LogP contribution >= 0.6 is 15.9 Å². The molecule has 184 valence electrons. The highest BCUT2D eigenvalue weighted by Gasteiger charge is 2.44. The first-order valence-corrected chi connectivity index (χ1v) is 12.0. The number of aliphatic hydroxyl groups is 1. The Balaban J connectivity index is 1.61. The molecule has 0 aliphatic carbocycles. The lowest BCUT2D eigenvalue weighted by Crippen LogP contribution is -2.45. The third-order valence-electron chi connectivity index (χ3n) is 6.40. The molecule has 0 radical (unpaired) electrons. The summed E-state index contributed by atoms with van der Waals surface area (Å²) in [6.45, 7) is 4.10. The third kappa shape index (κ3) is 5.19. The fourth-order valence-corrected chi connectivity index (χ4v) is 5.34. The van der Waals surface area contributed by atoms with Crippen molar-refractivity contribution in [1.82, 2.24) is 10.3 Å². The number of benzene rings is 2. The van der Waals surface area contributed by atoms with Crippen LogP contribution in [0.1, 0.15) is 47.4 Å². The molecule has 1 aromatic heterocycles. The van der Waals surface area contributed by atoms with E-state index >= 15 is 0 Å². The normalized spacial score (nSPS) is 14.9. The number of H-pyrrole nitrogens is 1. The Morgan fingerprint density at radius 2 is 2.09 bits per heavy atom. The van der Waals surface area contributed by atoms with Gasteiger partial charge in [-0.3, -0.25) is 4.79 Å². The van der Waals surface area contributed by atoms with E-state index in [9.17, 15) is 18.7 Å². The molecule has 0 fully saturated rings. The van der Waals surface area contributed by atoms with Crippen LogP contribution in [0.2, 0.25) is 0 Å². The lowest BCUT2D eigenvalue weighted by Gasteiger charge is -2.36. The molecule has 0 saturated carbocycles. The van der Waals surface area contributed by atoms with Crippen LogP contribution in [0.5, 0.6) is 5.75 Å². The van der Waals surface area contributed by atoms with Crippen LogP contribution < -0.4 is 10.1 Å². The lowest BCUT2D eigenvalue weighted by molar-refractivity contribution is -0.110. The summed E-state index contributed by atoms with van der Waals surface area (Å²) >= 11 is 3.50. The van der Waals surface area contributed by atoms with E-state index in [-0.39, 0.29) is 19.4 Å². The average Bonchev–Trinajstić information content (AvgIpc) is 3.41. The molecule has 9 heteroatoms. The maximum absolute atomic E-state index is 14.3. The summed E-state index contributed by atoms with van der Waals surface area (Å²) in [7, 11) is 0. The first kappa shape index (κ1) is 25.1. The molecule has 2 heterocycles. The summed E-state index contributed by atoms with van der Waals surface area (Å²) in [6.07, 6.45) is -2.72. The van der Waals surface area contributed by atoms with E-state index in [2.05, 4.69) is 26.2 Å². The SMILES string of the molecule is CC(C)(CC(O)(Cc1cc2cc(C(=O)NCC#N)ccc2[nH]1)C(F)F)c1cc(Br)cc2c1OCC2. The Morgan fingerprint density at radius 1 is 1.31 bits per heavy atom. The number of nitriles is 1. The van der Waals surface area contributed by atoms with Crippen molar-refractivity contribution in [1.29, 1.82) is 5.26 Å². The molecule has 35 heavy (non-hydrogen) atoms. The van der Waals surface area contributed by atoms with Gasteiger partial charge < -0.3 is 20.1 Å². The maximum atomic E-state index is 14.3. The van der Waals surface area contributed by atoms with Crippen LogP contribution in [0.4, 0.5) is 8.78 Å². The minimum absolute atomic E-state index is 0.112. The topological polar surface area (TPSA) is 98.1 Å². The van der Waals surface area contributed by atoms with E-state index in [0.717, 1.165) is 22.0 Å². The molecule has 0 bridgehead atoms. The second-order valence-electron chi connectivity index (χ2n) is 9.62. The van der Waals surface area contributed by atoms with Crippen LogP contribution in [-0.2, 0) is 18.3 Å². The molecular weight excluding hydrogens is 520 g/mol. The molecule has 0 spiro atoms. The Hall–Kier alpha value is -2.96. The Kier molecular flexibility index (Phi) is 6.89. The van der Waals surface area contributed by atoms with Gasteiger partial charge in [0.1, 0.15) is 17.9 Å². The smallest absolute Gasteiger partial charge is 0.267 e. The second kappa shape index (κ2) is 9.59. The van der Waals surface area contributed by atoms with E-state index < -0.39 is 23.3 Å². The summed E-state index contributed by atoms with van der Waals surface area (Å²) < 4.78 is 35.3. The van der Waals surface area contributed by atoms with Gasteiger partial charge in [-0.25, -0.2) is 8.78 Å². The molecule has 1 aliphatic heterocycles. The molecule has 3 N–H and O–H groups in total. The molecule has 4 rings (SSSR count). The van der Waals surface area contributed by atoms with Crippen molar-refractivity contribution in [2.75, 3.05) is 13.2 Å². The van der Waals surface area contributed by atoms with E-state index in [1.54, 1.807) is 24.3 Å². The van der Waals surface area contributed by atoms with Gasteiger partial charge in [-0.15, -0.1) is 0 Å². The first-order valence-electron chi connectivity index (χ1n) is 11.3. The van der Waals surface area contributed by atoms with Gasteiger partial charge in [0, 0.05) is 45.0 Å². The highest BCUT2D eigenvalue weighted by atomic mass is 79.9. The van der Waals surface area contributed by atoms with Crippen LogP contribution in [0, 0.1) is 11.3 Å². The third-order valence-corrected chi connectivity index (χ3v) is 6.85. The first-order chi connectivity index (χ1) is 16.5. The van der Waals surface area contributed by atoms with Gasteiger partial charge in [0.2, 0.25) is 0 Å². The number of hydrogen-bond acceptors (Lipinski definition) is 4. The number of aromatic nitrogens is 1. The summed E-state index contributed by atoms with van der Waals surface area (Å²) in [6, 6.07) is 12.2. The average molecular weight is 546 g/mol. The molecule has 1 unspecified atom stereocenters. The fourth-order valence-electron chi connectivity index (χ4n) is 4.83. The summed E-state index contributed by atoms with van der Waals surface area (Å²) in [4.78, 5) is 15.2. The van der Waals surface area contributed by atoms with E-state index in [1.807, 2.05) is 32.0 Å². The number of halogens is 3. The van der Waals surface area contributed by atoms with Gasteiger partial charge in [0.25, 0.3) is 12.3 Å². The number of amides is 1. The molecule has 3 aromatic rings. The Morgan fingerprint density at radius 3 is 2.80 bits per heavy atom. The largest absolute Gasteiger partial charge is 0.493 e. The van der Waals surface area contributed by atoms with Gasteiger partial charge in [0.15, 0.2) is 0 Å². The number of fused-ring (bicyclic) bond motifs is 2. The van der Waals surface area contributed by atoms with Crippen LogP contribution in [0.25, 0.3) is 10.9 Å². The molecule has 1 atom stereocenters. The van der Waals surface area contributed by atoms with Gasteiger partial charge in [-0.1, -0.05) is 29.8 Å². The number of ether oxygens (including phenoxy) is 1. The van der Waals surface area contributed by atoms with Gasteiger partial charge in [0.05, 0.1) is 12.7 Å². The quantitative estimate of drug-likeness (QED) is 0.346. The number of rotatable bonds is 8. The van der Waals surface area contributed by atoms with Crippen molar-refractivity contribution in [3.8, 4) is 11.8 Å². The summed E-state index contributed by atoms with van der Waals surface area (Å²) in [5.74, 6) is 0.313. The minimum atomic E-state index is -2.98. The summed E-state index contributed by atoms with van der Waals surface area (Å²) in [5, 5.41) is 23.0. The predicted molar refractivity (Wildman–Crippen MR) is 132 cm³/mol. The highest BCUT2D eigenvalue weighted by Crippen LogP contribution is 2.44.